The summed E-state index contributed by atoms with van der Waals surface area (Å²) in [6.07, 6.45) is 5.62. The Labute approximate surface area is 125 Å². The Bertz CT molecular complexity index is 618. The van der Waals surface area contributed by atoms with Crippen LogP contribution >= 0.6 is 0 Å². The van der Waals surface area contributed by atoms with E-state index in [1.807, 2.05) is 12.1 Å². The van der Waals surface area contributed by atoms with Gasteiger partial charge in [0, 0.05) is 12.6 Å². The van der Waals surface area contributed by atoms with Crippen molar-refractivity contribution < 1.29 is 4.39 Å². The molecular formula is C19H20FN. The molecule has 1 nitrogen and oxygen atoms in total. The molecule has 0 fully saturated rings. The number of benzene rings is 2. The molecule has 0 aliphatic heterocycles. The Kier molecular flexibility index (Phi) is 4.46. The van der Waals surface area contributed by atoms with Gasteiger partial charge < -0.3 is 5.32 Å². The number of nitrogens with one attached hydrogen (secondary N) is 1. The van der Waals surface area contributed by atoms with Gasteiger partial charge >= 0.3 is 0 Å². The summed E-state index contributed by atoms with van der Waals surface area (Å²) in [6.45, 7) is 0.845. The Morgan fingerprint density at radius 2 is 1.90 bits per heavy atom. The van der Waals surface area contributed by atoms with Gasteiger partial charge in [-0.05, 0) is 48.1 Å². The molecule has 3 rings (SSSR count). The summed E-state index contributed by atoms with van der Waals surface area (Å²) in [5.74, 6) is -0.166. The molecule has 2 aromatic carbocycles. The Hall–Kier alpha value is -1.93. The fraction of sp³-hybridized carbons (Fsp3) is 0.263. The van der Waals surface area contributed by atoms with E-state index in [1.54, 1.807) is 12.1 Å². The molecule has 1 atom stereocenters. The molecule has 1 aliphatic rings. The molecule has 1 N–H and O–H groups in total. The van der Waals surface area contributed by atoms with Crippen LogP contribution in [0.3, 0.4) is 0 Å². The average Bonchev–Trinajstić information content (AvgIpc) is 2.54. The van der Waals surface area contributed by atoms with E-state index in [2.05, 4.69) is 35.7 Å². The molecular weight excluding hydrogens is 261 g/mol. The molecule has 0 radical (unpaired) electrons. The fourth-order valence-corrected chi connectivity index (χ4v) is 2.91. The molecule has 0 unspecified atom stereocenters. The van der Waals surface area contributed by atoms with Crippen molar-refractivity contribution in [2.24, 2.45) is 0 Å². The summed E-state index contributed by atoms with van der Waals surface area (Å²) in [5.41, 5.74) is 3.51. The van der Waals surface area contributed by atoms with Crippen molar-refractivity contribution in [2.45, 2.75) is 31.8 Å². The number of hydrogen-bond donors (Lipinski definition) is 1. The van der Waals surface area contributed by atoms with Gasteiger partial charge in [-0.25, -0.2) is 4.39 Å². The summed E-state index contributed by atoms with van der Waals surface area (Å²) in [7, 11) is 0. The first-order valence-corrected chi connectivity index (χ1v) is 7.56. The third kappa shape index (κ3) is 3.59. The second kappa shape index (κ2) is 6.68. The Morgan fingerprint density at radius 3 is 2.71 bits per heavy atom. The lowest BCUT2D eigenvalue weighted by molar-refractivity contribution is 0.535. The van der Waals surface area contributed by atoms with Crippen LogP contribution in [0.4, 0.5) is 4.39 Å². The maximum Gasteiger partial charge on any atom is 0.123 e. The summed E-state index contributed by atoms with van der Waals surface area (Å²) in [5, 5.41) is 3.62. The van der Waals surface area contributed by atoms with Gasteiger partial charge in [-0.1, -0.05) is 48.5 Å². The largest absolute Gasteiger partial charge is 0.306 e. The van der Waals surface area contributed by atoms with Crippen molar-refractivity contribution in [3.63, 3.8) is 0 Å². The van der Waals surface area contributed by atoms with Crippen LogP contribution in [-0.4, -0.2) is 6.04 Å². The van der Waals surface area contributed by atoms with E-state index in [4.69, 9.17) is 0 Å². The van der Waals surface area contributed by atoms with Crippen LogP contribution in [0.2, 0.25) is 0 Å². The van der Waals surface area contributed by atoms with Crippen LogP contribution in [0.15, 0.2) is 60.7 Å². The molecule has 1 aliphatic carbocycles. The summed E-state index contributed by atoms with van der Waals surface area (Å²) >= 11 is 0. The molecule has 108 valence electrons. The quantitative estimate of drug-likeness (QED) is 0.867. The molecule has 0 bridgehead atoms. The lowest BCUT2D eigenvalue weighted by atomic mass is 9.89. The second-order valence-electron chi connectivity index (χ2n) is 5.52. The van der Waals surface area contributed by atoms with Crippen LogP contribution in [-0.2, 0) is 6.54 Å². The van der Waals surface area contributed by atoms with Crippen molar-refractivity contribution in [2.75, 3.05) is 0 Å². The Balaban J connectivity index is 1.74. The maximum absolute atomic E-state index is 13.5. The zero-order chi connectivity index (χ0) is 14.5. The highest BCUT2D eigenvalue weighted by atomic mass is 19.1. The highest BCUT2D eigenvalue weighted by molar-refractivity contribution is 5.70. The van der Waals surface area contributed by atoms with Gasteiger partial charge in [0.15, 0.2) is 0 Å². The zero-order valence-corrected chi connectivity index (χ0v) is 12.1. The summed E-state index contributed by atoms with van der Waals surface area (Å²) in [4.78, 5) is 0. The first kappa shape index (κ1) is 14.0. The van der Waals surface area contributed by atoms with Crippen LogP contribution in [0.5, 0.6) is 0 Å². The van der Waals surface area contributed by atoms with E-state index in [0.29, 0.717) is 6.04 Å². The van der Waals surface area contributed by atoms with Crippen molar-refractivity contribution in [1.82, 2.24) is 5.32 Å². The lowest BCUT2D eigenvalue weighted by Crippen LogP contribution is -2.31. The highest BCUT2D eigenvalue weighted by Gasteiger charge is 2.18. The van der Waals surface area contributed by atoms with Gasteiger partial charge in [0.25, 0.3) is 0 Å². The number of allylic oxidation sites excluding steroid dienone is 1. The second-order valence-corrected chi connectivity index (χ2v) is 5.52. The van der Waals surface area contributed by atoms with Crippen LogP contribution < -0.4 is 5.32 Å². The third-order valence-electron chi connectivity index (χ3n) is 3.99. The SMILES string of the molecule is Fc1cccc(C2=CCCC[C@@H]2NCc2ccccc2)c1. The minimum absolute atomic E-state index is 0.166. The van der Waals surface area contributed by atoms with Gasteiger partial charge in [-0.2, -0.15) is 0 Å². The predicted octanol–water partition coefficient (Wildman–Crippen LogP) is 4.55. The van der Waals surface area contributed by atoms with Crippen LogP contribution in [0.1, 0.15) is 30.4 Å². The maximum atomic E-state index is 13.5. The van der Waals surface area contributed by atoms with E-state index >= 15 is 0 Å². The number of hydrogen-bond acceptors (Lipinski definition) is 1. The van der Waals surface area contributed by atoms with Crippen molar-refractivity contribution >= 4 is 5.57 Å². The molecule has 0 amide bonds. The first-order chi connectivity index (χ1) is 10.3. The first-order valence-electron chi connectivity index (χ1n) is 7.56. The lowest BCUT2D eigenvalue weighted by Gasteiger charge is -2.26. The van der Waals surface area contributed by atoms with Crippen molar-refractivity contribution in [1.29, 1.82) is 0 Å². The molecule has 2 heteroatoms. The average molecular weight is 281 g/mol. The van der Waals surface area contributed by atoms with E-state index in [0.717, 1.165) is 24.9 Å². The van der Waals surface area contributed by atoms with Gasteiger partial charge in [-0.3, -0.25) is 0 Å². The van der Waals surface area contributed by atoms with Crippen LogP contribution in [0.25, 0.3) is 5.57 Å². The topological polar surface area (TPSA) is 12.0 Å². The molecule has 0 saturated heterocycles. The highest BCUT2D eigenvalue weighted by Crippen LogP contribution is 2.28. The zero-order valence-electron chi connectivity index (χ0n) is 12.1. The minimum atomic E-state index is -0.166. The molecule has 0 heterocycles. The van der Waals surface area contributed by atoms with E-state index < -0.39 is 0 Å². The normalized spacial score (nSPS) is 18.3. The molecule has 21 heavy (non-hydrogen) atoms. The molecule has 2 aromatic rings. The van der Waals surface area contributed by atoms with Gasteiger partial charge in [0.1, 0.15) is 5.82 Å². The Morgan fingerprint density at radius 1 is 1.05 bits per heavy atom. The van der Waals surface area contributed by atoms with E-state index in [-0.39, 0.29) is 5.82 Å². The van der Waals surface area contributed by atoms with Crippen molar-refractivity contribution in [3.8, 4) is 0 Å². The summed E-state index contributed by atoms with van der Waals surface area (Å²) < 4.78 is 13.5. The van der Waals surface area contributed by atoms with E-state index in [9.17, 15) is 4.39 Å². The predicted molar refractivity (Wildman–Crippen MR) is 85.3 cm³/mol. The van der Waals surface area contributed by atoms with Crippen molar-refractivity contribution in [3.05, 3.63) is 77.6 Å². The number of halogens is 1. The van der Waals surface area contributed by atoms with Gasteiger partial charge in [-0.15, -0.1) is 0 Å². The standard InChI is InChI=1S/C19H20FN/c20-17-10-6-9-16(13-17)18-11-4-5-12-19(18)21-14-15-7-2-1-3-8-15/h1-3,6-11,13,19,21H,4-5,12,14H2/t19-/m0/s1. The van der Waals surface area contributed by atoms with Gasteiger partial charge in [0.05, 0.1) is 0 Å². The third-order valence-corrected chi connectivity index (χ3v) is 3.99. The molecule has 0 saturated carbocycles. The van der Waals surface area contributed by atoms with Crippen LogP contribution in [0, 0.1) is 5.82 Å². The molecule has 0 aromatic heterocycles. The van der Waals surface area contributed by atoms with E-state index in [1.165, 1.54) is 23.6 Å². The fourth-order valence-electron chi connectivity index (χ4n) is 2.91. The molecule has 0 spiro atoms. The minimum Gasteiger partial charge on any atom is -0.306 e. The number of rotatable bonds is 4. The summed E-state index contributed by atoms with van der Waals surface area (Å²) in [6, 6.07) is 17.6. The van der Waals surface area contributed by atoms with Gasteiger partial charge in [0.2, 0.25) is 0 Å². The monoisotopic (exact) mass is 281 g/mol. The smallest absolute Gasteiger partial charge is 0.123 e.